The van der Waals surface area contributed by atoms with E-state index < -0.39 is 0 Å². The third-order valence-corrected chi connectivity index (χ3v) is 3.35. The van der Waals surface area contributed by atoms with Crippen molar-refractivity contribution in [3.8, 4) is 16.9 Å². The van der Waals surface area contributed by atoms with Crippen LogP contribution in [0.2, 0.25) is 0 Å². The number of nitrogens with zero attached hydrogens (tertiary/aromatic N) is 2. The molecule has 1 aromatic heterocycles. The summed E-state index contributed by atoms with van der Waals surface area (Å²) in [5, 5.41) is 4.36. The van der Waals surface area contributed by atoms with E-state index in [4.69, 9.17) is 4.74 Å². The van der Waals surface area contributed by atoms with E-state index in [0.29, 0.717) is 12.4 Å². The Morgan fingerprint density at radius 1 is 0.955 bits per heavy atom. The molecule has 0 amide bonds. The molecule has 0 saturated carbocycles. The number of benzene rings is 2. The SMILES string of the molecule is Fc1ccc(OCCCn2cc(-c3ccccc3)cn2)cc1. The maximum absolute atomic E-state index is 12.8. The van der Waals surface area contributed by atoms with Crippen molar-refractivity contribution in [3.63, 3.8) is 0 Å². The number of ether oxygens (including phenoxy) is 1. The van der Waals surface area contributed by atoms with Crippen molar-refractivity contribution in [2.24, 2.45) is 0 Å². The smallest absolute Gasteiger partial charge is 0.123 e. The highest BCUT2D eigenvalue weighted by molar-refractivity contribution is 5.61. The van der Waals surface area contributed by atoms with Crippen LogP contribution >= 0.6 is 0 Å². The van der Waals surface area contributed by atoms with E-state index in [1.54, 1.807) is 12.1 Å². The Morgan fingerprint density at radius 2 is 1.73 bits per heavy atom. The Hall–Kier alpha value is -2.62. The molecule has 3 nitrogen and oxygen atoms in total. The lowest BCUT2D eigenvalue weighted by Crippen LogP contribution is -2.04. The van der Waals surface area contributed by atoms with Gasteiger partial charge in [0.05, 0.1) is 12.8 Å². The minimum atomic E-state index is -0.252. The first-order valence-corrected chi connectivity index (χ1v) is 7.27. The molecule has 0 fully saturated rings. The van der Waals surface area contributed by atoms with Crippen molar-refractivity contribution in [1.29, 1.82) is 0 Å². The molecule has 1 heterocycles. The molecule has 3 rings (SSSR count). The van der Waals surface area contributed by atoms with Crippen LogP contribution < -0.4 is 4.74 Å². The Balaban J connectivity index is 1.48. The Bertz CT molecular complexity index is 707. The number of rotatable bonds is 6. The lowest BCUT2D eigenvalue weighted by atomic mass is 10.1. The van der Waals surface area contributed by atoms with Gasteiger partial charge >= 0.3 is 0 Å². The molecular formula is C18H17FN2O. The van der Waals surface area contributed by atoms with Gasteiger partial charge in [0.25, 0.3) is 0 Å². The van der Waals surface area contributed by atoms with E-state index >= 15 is 0 Å². The Kier molecular flexibility index (Phi) is 4.49. The molecule has 22 heavy (non-hydrogen) atoms. The van der Waals surface area contributed by atoms with Crippen molar-refractivity contribution < 1.29 is 9.13 Å². The highest BCUT2D eigenvalue weighted by Crippen LogP contribution is 2.17. The molecule has 0 atom stereocenters. The van der Waals surface area contributed by atoms with Gasteiger partial charge in [0.2, 0.25) is 0 Å². The second kappa shape index (κ2) is 6.89. The fourth-order valence-corrected chi connectivity index (χ4v) is 2.21. The maximum atomic E-state index is 12.8. The second-order valence-corrected chi connectivity index (χ2v) is 5.01. The minimum Gasteiger partial charge on any atom is -0.494 e. The third kappa shape index (κ3) is 3.73. The van der Waals surface area contributed by atoms with Gasteiger partial charge in [-0.05, 0) is 29.8 Å². The first-order valence-electron chi connectivity index (χ1n) is 7.27. The number of hydrogen-bond donors (Lipinski definition) is 0. The first kappa shape index (κ1) is 14.3. The maximum Gasteiger partial charge on any atom is 0.123 e. The van der Waals surface area contributed by atoms with Gasteiger partial charge in [0, 0.05) is 24.7 Å². The van der Waals surface area contributed by atoms with Crippen molar-refractivity contribution in [3.05, 3.63) is 72.8 Å². The topological polar surface area (TPSA) is 27.1 Å². The largest absolute Gasteiger partial charge is 0.494 e. The lowest BCUT2D eigenvalue weighted by Gasteiger charge is -2.06. The van der Waals surface area contributed by atoms with E-state index in [9.17, 15) is 4.39 Å². The summed E-state index contributed by atoms with van der Waals surface area (Å²) < 4.78 is 20.3. The predicted molar refractivity (Wildman–Crippen MR) is 84.2 cm³/mol. The van der Waals surface area contributed by atoms with Crippen LogP contribution in [-0.4, -0.2) is 16.4 Å². The summed E-state index contributed by atoms with van der Waals surface area (Å²) in [5.74, 6) is 0.434. The normalized spacial score (nSPS) is 10.6. The van der Waals surface area contributed by atoms with Crippen LogP contribution in [0.25, 0.3) is 11.1 Å². The minimum absolute atomic E-state index is 0.252. The lowest BCUT2D eigenvalue weighted by molar-refractivity contribution is 0.298. The fourth-order valence-electron chi connectivity index (χ4n) is 2.21. The van der Waals surface area contributed by atoms with Gasteiger partial charge in [-0.1, -0.05) is 30.3 Å². The average Bonchev–Trinajstić information content (AvgIpc) is 3.03. The zero-order chi connectivity index (χ0) is 15.2. The summed E-state index contributed by atoms with van der Waals surface area (Å²) in [6.45, 7) is 1.36. The fraction of sp³-hybridized carbons (Fsp3) is 0.167. The van der Waals surface area contributed by atoms with E-state index in [2.05, 4.69) is 17.2 Å². The van der Waals surface area contributed by atoms with E-state index in [1.807, 2.05) is 35.3 Å². The summed E-state index contributed by atoms with van der Waals surface area (Å²) in [7, 11) is 0. The molecule has 0 aliphatic carbocycles. The van der Waals surface area contributed by atoms with Gasteiger partial charge < -0.3 is 4.74 Å². The molecule has 0 N–H and O–H groups in total. The van der Waals surface area contributed by atoms with Crippen LogP contribution in [-0.2, 0) is 6.54 Å². The molecule has 0 saturated heterocycles. The number of aryl methyl sites for hydroxylation is 1. The average molecular weight is 296 g/mol. The molecule has 112 valence electrons. The highest BCUT2D eigenvalue weighted by atomic mass is 19.1. The Morgan fingerprint density at radius 3 is 2.50 bits per heavy atom. The highest BCUT2D eigenvalue weighted by Gasteiger charge is 2.01. The molecule has 4 heteroatoms. The number of hydrogen-bond acceptors (Lipinski definition) is 2. The van der Waals surface area contributed by atoms with Crippen LogP contribution in [0.15, 0.2) is 67.0 Å². The summed E-state index contributed by atoms with van der Waals surface area (Å²) in [5.41, 5.74) is 2.27. The molecular weight excluding hydrogens is 279 g/mol. The molecule has 2 aromatic carbocycles. The van der Waals surface area contributed by atoms with E-state index in [0.717, 1.165) is 24.1 Å². The zero-order valence-corrected chi connectivity index (χ0v) is 12.2. The van der Waals surface area contributed by atoms with Crippen LogP contribution in [0.5, 0.6) is 5.75 Å². The van der Waals surface area contributed by atoms with Crippen molar-refractivity contribution in [1.82, 2.24) is 9.78 Å². The first-order chi connectivity index (χ1) is 10.8. The van der Waals surface area contributed by atoms with Crippen LogP contribution in [0.4, 0.5) is 4.39 Å². The molecule has 0 aliphatic heterocycles. The standard InChI is InChI=1S/C18H17FN2O/c19-17-7-9-18(10-8-17)22-12-4-11-21-14-16(13-20-21)15-5-2-1-3-6-15/h1-3,5-10,13-14H,4,11-12H2. The van der Waals surface area contributed by atoms with Gasteiger partial charge in [0.1, 0.15) is 11.6 Å². The van der Waals surface area contributed by atoms with Gasteiger partial charge in [-0.25, -0.2) is 4.39 Å². The quantitative estimate of drug-likeness (QED) is 0.639. The second-order valence-electron chi connectivity index (χ2n) is 5.01. The number of halogens is 1. The van der Waals surface area contributed by atoms with Crippen molar-refractivity contribution >= 4 is 0 Å². The van der Waals surface area contributed by atoms with Gasteiger partial charge in [0.15, 0.2) is 0 Å². The zero-order valence-electron chi connectivity index (χ0n) is 12.2. The van der Waals surface area contributed by atoms with Gasteiger partial charge in [-0.15, -0.1) is 0 Å². The van der Waals surface area contributed by atoms with Gasteiger partial charge in [-0.3, -0.25) is 4.68 Å². The predicted octanol–water partition coefficient (Wildman–Crippen LogP) is 4.16. The summed E-state index contributed by atoms with van der Waals surface area (Å²) in [6.07, 6.45) is 4.75. The Labute approximate surface area is 129 Å². The van der Waals surface area contributed by atoms with Gasteiger partial charge in [-0.2, -0.15) is 5.10 Å². The molecule has 0 radical (unpaired) electrons. The van der Waals surface area contributed by atoms with E-state index in [-0.39, 0.29) is 5.82 Å². The molecule has 0 spiro atoms. The summed E-state index contributed by atoms with van der Waals surface area (Å²) in [4.78, 5) is 0. The van der Waals surface area contributed by atoms with Crippen LogP contribution in [0.1, 0.15) is 6.42 Å². The van der Waals surface area contributed by atoms with Crippen molar-refractivity contribution in [2.45, 2.75) is 13.0 Å². The van der Waals surface area contributed by atoms with Crippen LogP contribution in [0.3, 0.4) is 0 Å². The molecule has 3 aromatic rings. The number of aromatic nitrogens is 2. The molecule has 0 bridgehead atoms. The molecule has 0 aliphatic rings. The summed E-state index contributed by atoms with van der Waals surface area (Å²) >= 11 is 0. The van der Waals surface area contributed by atoms with Crippen LogP contribution in [0, 0.1) is 5.82 Å². The summed E-state index contributed by atoms with van der Waals surface area (Å²) in [6, 6.07) is 16.2. The molecule has 0 unspecified atom stereocenters. The third-order valence-electron chi connectivity index (χ3n) is 3.35. The van der Waals surface area contributed by atoms with E-state index in [1.165, 1.54) is 12.1 Å². The van der Waals surface area contributed by atoms with Crippen molar-refractivity contribution in [2.75, 3.05) is 6.61 Å². The monoisotopic (exact) mass is 296 g/mol.